The molecule has 4 aromatic carbocycles. The van der Waals surface area contributed by atoms with Crippen LogP contribution in [0.15, 0.2) is 103 Å². The fourth-order valence-corrected chi connectivity index (χ4v) is 4.71. The zero-order valence-electron chi connectivity index (χ0n) is 20.2. The molecule has 0 bridgehead atoms. The number of carbonyl (C=O) groups is 1. The average molecular weight is 450 g/mol. The van der Waals surface area contributed by atoms with E-state index in [-0.39, 0.29) is 12.0 Å². The molecule has 4 aromatic rings. The van der Waals surface area contributed by atoms with Crippen LogP contribution in [0.25, 0.3) is 0 Å². The van der Waals surface area contributed by atoms with E-state index in [2.05, 4.69) is 36.2 Å². The van der Waals surface area contributed by atoms with Gasteiger partial charge in [0.2, 0.25) is 0 Å². The molecule has 0 amide bonds. The summed E-state index contributed by atoms with van der Waals surface area (Å²) in [5.41, 5.74) is 6.72. The maximum Gasteiger partial charge on any atom is 0.339 e. The molecule has 0 aliphatic heterocycles. The number of para-hydroxylation sites is 1. The van der Waals surface area contributed by atoms with Gasteiger partial charge in [-0.25, -0.2) is 4.79 Å². The van der Waals surface area contributed by atoms with E-state index in [1.54, 1.807) is 0 Å². The molecule has 0 aliphatic rings. The first-order valence-corrected chi connectivity index (χ1v) is 11.6. The number of likely N-dealkylation sites (N-methyl/N-ethyl adjacent to an activating group) is 1. The summed E-state index contributed by atoms with van der Waals surface area (Å²) in [6, 6.07) is 34.3. The molecule has 172 valence electrons. The third-order valence-electron chi connectivity index (χ3n) is 6.25. The summed E-state index contributed by atoms with van der Waals surface area (Å²) >= 11 is 0. The van der Waals surface area contributed by atoms with Crippen LogP contribution in [0.3, 0.4) is 0 Å². The van der Waals surface area contributed by atoms with Gasteiger partial charge in [-0.3, -0.25) is 0 Å². The fraction of sp³-hybridized carbons (Fsp3) is 0.194. The second kappa shape index (κ2) is 10.4. The van der Waals surface area contributed by atoms with Crippen LogP contribution in [-0.4, -0.2) is 13.0 Å². The van der Waals surface area contributed by atoms with Crippen molar-refractivity contribution in [3.8, 4) is 0 Å². The van der Waals surface area contributed by atoms with E-state index in [0.717, 1.165) is 33.5 Å². The van der Waals surface area contributed by atoms with Crippen LogP contribution >= 0.6 is 0 Å². The highest BCUT2D eigenvalue weighted by Gasteiger charge is 2.33. The maximum absolute atomic E-state index is 13.6. The summed E-state index contributed by atoms with van der Waals surface area (Å²) in [4.78, 5) is 15.8. The lowest BCUT2D eigenvalue weighted by Gasteiger charge is -2.36. The van der Waals surface area contributed by atoms with E-state index in [0.29, 0.717) is 5.56 Å². The molecule has 2 atom stereocenters. The number of aryl methyl sites for hydroxylation is 3. The van der Waals surface area contributed by atoms with Gasteiger partial charge in [0.05, 0.1) is 11.6 Å². The Kier molecular flexibility index (Phi) is 7.12. The minimum atomic E-state index is -0.513. The van der Waals surface area contributed by atoms with E-state index in [1.807, 2.05) is 99.6 Å². The van der Waals surface area contributed by atoms with Crippen molar-refractivity contribution in [2.24, 2.45) is 0 Å². The number of benzene rings is 4. The molecule has 2 unspecified atom stereocenters. The van der Waals surface area contributed by atoms with E-state index in [9.17, 15) is 4.79 Å². The summed E-state index contributed by atoms with van der Waals surface area (Å²) in [6.45, 7) is 5.99. The summed E-state index contributed by atoms with van der Waals surface area (Å²) < 4.78 is 6.40. The number of nitrogens with zero attached hydrogens (tertiary/aromatic N) is 1. The van der Waals surface area contributed by atoms with Gasteiger partial charge >= 0.3 is 5.97 Å². The van der Waals surface area contributed by atoms with Gasteiger partial charge in [-0.1, -0.05) is 96.6 Å². The highest BCUT2D eigenvalue weighted by molar-refractivity contribution is 5.93. The first-order chi connectivity index (χ1) is 16.5. The Morgan fingerprint density at radius 1 is 0.706 bits per heavy atom. The molecule has 0 saturated carbocycles. The van der Waals surface area contributed by atoms with Crippen molar-refractivity contribution in [1.82, 2.24) is 0 Å². The Morgan fingerprint density at radius 3 is 1.71 bits per heavy atom. The Bertz CT molecular complexity index is 1210. The number of esters is 1. The molecule has 3 heteroatoms. The van der Waals surface area contributed by atoms with Crippen molar-refractivity contribution in [3.63, 3.8) is 0 Å². The van der Waals surface area contributed by atoms with Crippen LogP contribution in [0.1, 0.15) is 50.3 Å². The van der Waals surface area contributed by atoms with Crippen molar-refractivity contribution >= 4 is 11.7 Å². The summed E-state index contributed by atoms with van der Waals surface area (Å²) in [5.74, 6) is -0.300. The van der Waals surface area contributed by atoms with Crippen molar-refractivity contribution in [2.75, 3.05) is 11.9 Å². The molecule has 34 heavy (non-hydrogen) atoms. The largest absolute Gasteiger partial charge is 0.451 e. The van der Waals surface area contributed by atoms with E-state index >= 15 is 0 Å². The summed E-state index contributed by atoms with van der Waals surface area (Å²) in [7, 11) is 2.05. The van der Waals surface area contributed by atoms with Gasteiger partial charge in [0.1, 0.15) is 0 Å². The Hall–Kier alpha value is -3.85. The molecule has 0 spiro atoms. The molecule has 0 fully saturated rings. The van der Waals surface area contributed by atoms with Crippen LogP contribution in [0.5, 0.6) is 0 Å². The second-order valence-electron chi connectivity index (χ2n) is 8.81. The average Bonchev–Trinajstić information content (AvgIpc) is 2.84. The van der Waals surface area contributed by atoms with E-state index < -0.39 is 6.10 Å². The lowest BCUT2D eigenvalue weighted by atomic mass is 9.93. The van der Waals surface area contributed by atoms with E-state index in [1.165, 1.54) is 0 Å². The molecule has 4 rings (SSSR count). The van der Waals surface area contributed by atoms with Crippen LogP contribution in [-0.2, 0) is 4.74 Å². The molecule has 0 N–H and O–H groups in total. The Labute approximate surface area is 202 Å². The zero-order valence-corrected chi connectivity index (χ0v) is 20.2. The van der Waals surface area contributed by atoms with Crippen LogP contribution in [0, 0.1) is 20.8 Å². The molecular formula is C31H31NO2. The highest BCUT2D eigenvalue weighted by Crippen LogP contribution is 2.39. The van der Waals surface area contributed by atoms with Gasteiger partial charge in [-0.2, -0.15) is 0 Å². The molecule has 0 heterocycles. The fourth-order valence-electron chi connectivity index (χ4n) is 4.71. The van der Waals surface area contributed by atoms with Crippen LogP contribution in [0.4, 0.5) is 5.69 Å². The van der Waals surface area contributed by atoms with Gasteiger partial charge in [0.15, 0.2) is 6.10 Å². The minimum absolute atomic E-state index is 0.221. The normalized spacial score (nSPS) is 12.6. The third-order valence-corrected chi connectivity index (χ3v) is 6.25. The van der Waals surface area contributed by atoms with Gasteiger partial charge in [-0.05, 0) is 55.2 Å². The molecule has 0 aromatic heterocycles. The van der Waals surface area contributed by atoms with Crippen molar-refractivity contribution in [1.29, 1.82) is 0 Å². The predicted molar refractivity (Wildman–Crippen MR) is 139 cm³/mol. The number of carbonyl (C=O) groups excluding carboxylic acids is 1. The monoisotopic (exact) mass is 449 g/mol. The SMILES string of the molecule is Cc1cc(C)c(C(=O)OC(c2ccccc2)C(c2ccccc2)N(C)c2ccccc2)c(C)c1. The standard InChI is InChI=1S/C31H31NO2/c1-22-20-23(2)28(24(3)21-22)31(33)34-30(26-16-10-6-11-17-26)29(25-14-8-5-9-15-25)32(4)27-18-12-7-13-19-27/h5-21,29-30H,1-4H3. The lowest BCUT2D eigenvalue weighted by Crippen LogP contribution is -2.32. The van der Waals surface area contributed by atoms with Crippen molar-refractivity contribution < 1.29 is 9.53 Å². The number of hydrogen-bond donors (Lipinski definition) is 0. The minimum Gasteiger partial charge on any atom is -0.451 e. The van der Waals surface area contributed by atoms with Gasteiger partial charge < -0.3 is 9.64 Å². The summed E-state index contributed by atoms with van der Waals surface area (Å²) in [6.07, 6.45) is -0.513. The van der Waals surface area contributed by atoms with Crippen molar-refractivity contribution in [3.05, 3.63) is 137 Å². The molecule has 0 saturated heterocycles. The number of hydrogen-bond acceptors (Lipinski definition) is 3. The number of anilines is 1. The zero-order chi connectivity index (χ0) is 24.1. The topological polar surface area (TPSA) is 29.5 Å². The first-order valence-electron chi connectivity index (χ1n) is 11.6. The summed E-state index contributed by atoms with van der Waals surface area (Å²) in [5, 5.41) is 0. The second-order valence-corrected chi connectivity index (χ2v) is 8.81. The smallest absolute Gasteiger partial charge is 0.339 e. The lowest BCUT2D eigenvalue weighted by molar-refractivity contribution is 0.0224. The maximum atomic E-state index is 13.6. The van der Waals surface area contributed by atoms with Gasteiger partial charge in [-0.15, -0.1) is 0 Å². The van der Waals surface area contributed by atoms with Crippen LogP contribution in [0.2, 0.25) is 0 Å². The van der Waals surface area contributed by atoms with Crippen molar-refractivity contribution in [2.45, 2.75) is 32.9 Å². The Morgan fingerprint density at radius 2 is 1.18 bits per heavy atom. The molecule has 3 nitrogen and oxygen atoms in total. The third kappa shape index (κ3) is 5.04. The van der Waals surface area contributed by atoms with E-state index in [4.69, 9.17) is 4.74 Å². The van der Waals surface area contributed by atoms with Gasteiger partial charge in [0.25, 0.3) is 0 Å². The number of rotatable bonds is 7. The molecule has 0 radical (unpaired) electrons. The number of ether oxygens (including phenoxy) is 1. The first kappa shape index (κ1) is 23.3. The Balaban J connectivity index is 1.82. The molecule has 0 aliphatic carbocycles. The predicted octanol–water partition coefficient (Wildman–Crippen LogP) is 7.39. The highest BCUT2D eigenvalue weighted by atomic mass is 16.5. The van der Waals surface area contributed by atoms with Crippen LogP contribution < -0.4 is 4.90 Å². The molecular weight excluding hydrogens is 418 g/mol. The quantitative estimate of drug-likeness (QED) is 0.276. The van der Waals surface area contributed by atoms with Gasteiger partial charge in [0, 0.05) is 12.7 Å².